The lowest BCUT2D eigenvalue weighted by atomic mass is 10.1. The summed E-state index contributed by atoms with van der Waals surface area (Å²) in [5, 5.41) is 0. The van der Waals surface area contributed by atoms with E-state index in [0.29, 0.717) is 6.61 Å². The van der Waals surface area contributed by atoms with Crippen molar-refractivity contribution >= 4 is 8.41 Å². The molecule has 0 aromatic carbocycles. The zero-order valence-corrected chi connectivity index (χ0v) is 17.1. The molecular weight excluding hydrogens is 303 g/mol. The van der Waals surface area contributed by atoms with Crippen molar-refractivity contribution in [3.8, 4) is 0 Å². The average Bonchev–Trinajstić information content (AvgIpc) is 2.45. The second-order valence-corrected chi connectivity index (χ2v) is 11.7. The topological polar surface area (TPSA) is 9.23 Å². The fourth-order valence-electron chi connectivity index (χ4n) is 2.76. The highest BCUT2D eigenvalue weighted by molar-refractivity contribution is 6.70. The van der Waals surface area contributed by atoms with Crippen LogP contribution in [0, 0.1) is 0 Å². The molecule has 0 fully saturated rings. The maximum absolute atomic E-state index is 13.4. The van der Waals surface area contributed by atoms with Gasteiger partial charge < -0.3 is 8.84 Å². The Hall–Kier alpha value is -0.153. The van der Waals surface area contributed by atoms with Crippen molar-refractivity contribution in [2.24, 2.45) is 0 Å². The molecule has 0 aromatic rings. The molecule has 0 saturated carbocycles. The molecule has 0 aliphatic carbocycles. The zero-order valence-electron chi connectivity index (χ0n) is 16.1. The van der Waals surface area contributed by atoms with Crippen LogP contribution in [0.4, 0.5) is 4.11 Å². The molecule has 0 unspecified atom stereocenters. The van der Waals surface area contributed by atoms with Gasteiger partial charge in [-0.05, 0) is 32.5 Å². The zero-order chi connectivity index (χ0) is 17.4. The third-order valence-corrected chi connectivity index (χ3v) is 5.70. The van der Waals surface area contributed by atoms with E-state index in [2.05, 4.69) is 6.58 Å². The van der Waals surface area contributed by atoms with Gasteiger partial charge in [-0.15, -0.1) is 0 Å². The quantitative estimate of drug-likeness (QED) is 0.115. The molecule has 0 rings (SSSR count). The molecule has 0 N–H and O–H groups in total. The van der Waals surface area contributed by atoms with Gasteiger partial charge in [-0.3, -0.25) is 0 Å². The molecule has 0 aliphatic heterocycles. The lowest BCUT2D eigenvalue weighted by Gasteiger charge is -2.09. The van der Waals surface area contributed by atoms with Gasteiger partial charge in [-0.2, -0.15) is 0 Å². The van der Waals surface area contributed by atoms with E-state index in [0.717, 1.165) is 24.6 Å². The summed E-state index contributed by atoms with van der Waals surface area (Å²) in [6.07, 6.45) is 15.7. The van der Waals surface area contributed by atoms with Crippen molar-refractivity contribution in [2.45, 2.75) is 103 Å². The Morgan fingerprint density at radius 3 is 1.57 bits per heavy atom. The first-order valence-electron chi connectivity index (χ1n) is 9.83. The van der Waals surface area contributed by atoms with Crippen molar-refractivity contribution in [1.82, 2.24) is 0 Å². The lowest BCUT2D eigenvalue weighted by Crippen LogP contribution is -2.16. The second kappa shape index (κ2) is 15.4. The first-order valence-corrected chi connectivity index (χ1v) is 12.9. The SMILES string of the molecule is C=C(C)COCCCCCCCCCCCCCC[Si](C)(C)F. The molecular formula is C20H41FOSi. The summed E-state index contributed by atoms with van der Waals surface area (Å²) in [7, 11) is -2.28. The van der Waals surface area contributed by atoms with Gasteiger partial charge in [0.15, 0.2) is 0 Å². The van der Waals surface area contributed by atoms with Crippen LogP contribution in [0.1, 0.15) is 84.0 Å². The summed E-state index contributed by atoms with van der Waals surface area (Å²) >= 11 is 0. The van der Waals surface area contributed by atoms with Crippen molar-refractivity contribution in [1.29, 1.82) is 0 Å². The molecule has 0 heterocycles. The summed E-state index contributed by atoms with van der Waals surface area (Å²) < 4.78 is 18.9. The van der Waals surface area contributed by atoms with E-state index in [9.17, 15) is 4.11 Å². The van der Waals surface area contributed by atoms with Gasteiger partial charge in [0.1, 0.15) is 0 Å². The fraction of sp³-hybridized carbons (Fsp3) is 0.900. The highest BCUT2D eigenvalue weighted by Gasteiger charge is 2.18. The van der Waals surface area contributed by atoms with Crippen LogP contribution in [0.3, 0.4) is 0 Å². The first kappa shape index (κ1) is 22.8. The predicted octanol–water partition coefficient (Wildman–Crippen LogP) is 7.43. The minimum Gasteiger partial charge on any atom is -0.377 e. The van der Waals surface area contributed by atoms with E-state index in [4.69, 9.17) is 4.74 Å². The Kier molecular flexibility index (Phi) is 15.3. The van der Waals surface area contributed by atoms with E-state index in [1.807, 2.05) is 20.0 Å². The summed E-state index contributed by atoms with van der Waals surface area (Å²) in [4.78, 5) is 0. The van der Waals surface area contributed by atoms with Crippen molar-refractivity contribution < 1.29 is 8.84 Å². The minimum absolute atomic E-state index is 0.716. The van der Waals surface area contributed by atoms with Gasteiger partial charge >= 0.3 is 0 Å². The first-order chi connectivity index (χ1) is 10.9. The number of unbranched alkanes of at least 4 members (excludes halogenated alkanes) is 11. The molecule has 0 atom stereocenters. The largest absolute Gasteiger partial charge is 0.377 e. The number of halogens is 1. The molecule has 0 aromatic heterocycles. The van der Waals surface area contributed by atoms with Gasteiger partial charge in [0, 0.05) is 6.61 Å². The molecule has 0 radical (unpaired) electrons. The van der Waals surface area contributed by atoms with Crippen LogP contribution in [0.25, 0.3) is 0 Å². The fourth-order valence-corrected chi connectivity index (χ4v) is 3.85. The molecule has 3 heteroatoms. The molecule has 0 spiro atoms. The van der Waals surface area contributed by atoms with Crippen molar-refractivity contribution in [3.05, 3.63) is 12.2 Å². The molecule has 0 saturated heterocycles. The van der Waals surface area contributed by atoms with Crippen LogP contribution in [0.15, 0.2) is 12.2 Å². The maximum Gasteiger partial charge on any atom is 0.240 e. The Bertz CT molecular complexity index is 273. The Morgan fingerprint density at radius 1 is 0.783 bits per heavy atom. The number of hydrogen-bond acceptors (Lipinski definition) is 1. The minimum atomic E-state index is -2.28. The van der Waals surface area contributed by atoms with Gasteiger partial charge in [-0.1, -0.05) is 82.8 Å². The van der Waals surface area contributed by atoms with Crippen molar-refractivity contribution in [2.75, 3.05) is 13.2 Å². The van der Waals surface area contributed by atoms with Crippen LogP contribution in [0.2, 0.25) is 19.1 Å². The van der Waals surface area contributed by atoms with Crippen LogP contribution >= 0.6 is 0 Å². The summed E-state index contributed by atoms with van der Waals surface area (Å²) in [6, 6.07) is 0.852. The highest BCUT2D eigenvalue weighted by atomic mass is 28.4. The number of ether oxygens (including phenoxy) is 1. The van der Waals surface area contributed by atoms with Crippen molar-refractivity contribution in [3.63, 3.8) is 0 Å². The average molecular weight is 345 g/mol. The van der Waals surface area contributed by atoms with E-state index in [-0.39, 0.29) is 0 Å². The van der Waals surface area contributed by atoms with Crippen LogP contribution < -0.4 is 0 Å². The number of rotatable bonds is 17. The molecule has 1 nitrogen and oxygen atoms in total. The molecule has 23 heavy (non-hydrogen) atoms. The van der Waals surface area contributed by atoms with Gasteiger partial charge in [-0.25, -0.2) is 0 Å². The summed E-state index contributed by atoms with van der Waals surface area (Å²) in [5.74, 6) is 0. The molecule has 0 amide bonds. The van der Waals surface area contributed by atoms with Crippen LogP contribution in [0.5, 0.6) is 0 Å². The summed E-state index contributed by atoms with van der Waals surface area (Å²) in [5.41, 5.74) is 1.11. The Morgan fingerprint density at radius 2 is 1.17 bits per heavy atom. The van der Waals surface area contributed by atoms with Gasteiger partial charge in [0.2, 0.25) is 8.41 Å². The van der Waals surface area contributed by atoms with Crippen LogP contribution in [-0.4, -0.2) is 21.6 Å². The van der Waals surface area contributed by atoms with Crippen LogP contribution in [-0.2, 0) is 4.74 Å². The van der Waals surface area contributed by atoms with E-state index in [1.165, 1.54) is 70.6 Å². The monoisotopic (exact) mass is 344 g/mol. The molecule has 0 aliphatic rings. The normalized spacial score (nSPS) is 11.8. The predicted molar refractivity (Wildman–Crippen MR) is 104 cm³/mol. The third-order valence-electron chi connectivity index (χ3n) is 4.16. The summed E-state index contributed by atoms with van der Waals surface area (Å²) in [6.45, 7) is 11.1. The van der Waals surface area contributed by atoms with Gasteiger partial charge in [0.25, 0.3) is 0 Å². The Labute approximate surface area is 146 Å². The van der Waals surface area contributed by atoms with E-state index in [1.54, 1.807) is 0 Å². The molecule has 138 valence electrons. The van der Waals surface area contributed by atoms with E-state index < -0.39 is 8.41 Å². The second-order valence-electron chi connectivity index (χ2n) is 7.72. The van der Waals surface area contributed by atoms with E-state index >= 15 is 0 Å². The lowest BCUT2D eigenvalue weighted by molar-refractivity contribution is 0.151. The smallest absolute Gasteiger partial charge is 0.240 e. The Balaban J connectivity index is 3.04. The van der Waals surface area contributed by atoms with Gasteiger partial charge in [0.05, 0.1) is 6.61 Å². The number of hydrogen-bond donors (Lipinski definition) is 0. The molecule has 0 bridgehead atoms. The standard InChI is InChI=1S/C20H41FOSi/c1-20(2)19-22-17-15-13-11-9-7-5-6-8-10-12-14-16-18-23(3,4)21/h1,5-19H2,2-4H3. The highest BCUT2D eigenvalue weighted by Crippen LogP contribution is 2.17. The third kappa shape index (κ3) is 21.8. The maximum atomic E-state index is 13.4.